The van der Waals surface area contributed by atoms with Crippen LogP contribution in [0.25, 0.3) is 21.8 Å². The number of nitrogens with one attached hydrogen (secondary N) is 2. The monoisotopic (exact) mass is 858 g/mol. The van der Waals surface area contributed by atoms with Crippen LogP contribution in [0.1, 0.15) is 70.7 Å². The minimum atomic E-state index is -3.75. The van der Waals surface area contributed by atoms with Crippen molar-refractivity contribution in [1.82, 2.24) is 35.0 Å². The Morgan fingerprint density at radius 2 is 1.70 bits per heavy atom. The van der Waals surface area contributed by atoms with Gasteiger partial charge in [0.25, 0.3) is 11.8 Å². The van der Waals surface area contributed by atoms with Gasteiger partial charge >= 0.3 is 0 Å². The molecule has 0 aliphatic carbocycles. The highest BCUT2D eigenvalue weighted by atomic mass is 32.2. The minimum absolute atomic E-state index is 0.0125. The fraction of sp³-hybridized carbons (Fsp3) is 0.400. The van der Waals surface area contributed by atoms with E-state index in [0.29, 0.717) is 74.8 Å². The quantitative estimate of drug-likeness (QED) is 0.185. The average molecular weight is 859 g/mol. The number of benzene rings is 2. The molecule has 0 unspecified atom stereocenters. The number of halogens is 1. The maximum Gasteiger partial charge on any atom is 0.262 e. The van der Waals surface area contributed by atoms with Gasteiger partial charge in [-0.05, 0) is 62.1 Å². The number of amides is 5. The van der Waals surface area contributed by atoms with Crippen LogP contribution < -0.4 is 20.7 Å². The van der Waals surface area contributed by atoms with Gasteiger partial charge in [0.15, 0.2) is 5.82 Å². The highest BCUT2D eigenvalue weighted by Gasteiger charge is 2.45. The van der Waals surface area contributed by atoms with Gasteiger partial charge in [0.1, 0.15) is 6.04 Å². The molecular formula is C40H43FN10O7S2. The Bertz CT molecular complexity index is 2500. The fourth-order valence-electron chi connectivity index (χ4n) is 8.14. The average Bonchev–Trinajstić information content (AvgIpc) is 3.77. The summed E-state index contributed by atoms with van der Waals surface area (Å²) in [7, 11) is -3.75. The van der Waals surface area contributed by atoms with Gasteiger partial charge in [-0.15, -0.1) is 11.3 Å². The Morgan fingerprint density at radius 1 is 0.950 bits per heavy atom. The number of sulfonamides is 1. The molecule has 4 aromatic rings. The second-order valence-electron chi connectivity index (χ2n) is 15.2. The molecule has 1 atom stereocenters. The first kappa shape index (κ1) is 40.9. The molecule has 4 aliphatic heterocycles. The van der Waals surface area contributed by atoms with Gasteiger partial charge in [-0.3, -0.25) is 43.8 Å². The summed E-state index contributed by atoms with van der Waals surface area (Å²) in [6.07, 6.45) is 3.29. The summed E-state index contributed by atoms with van der Waals surface area (Å²) < 4.78 is 43.4. The number of nitrogens with two attached hydrogens (primary N) is 1. The first-order valence-corrected chi connectivity index (χ1v) is 22.3. The normalized spacial score (nSPS) is 19.2. The lowest BCUT2D eigenvalue weighted by molar-refractivity contribution is -0.136. The third-order valence-corrected chi connectivity index (χ3v) is 14.0. The van der Waals surface area contributed by atoms with E-state index in [0.717, 1.165) is 15.6 Å². The summed E-state index contributed by atoms with van der Waals surface area (Å²) in [5.74, 6) is -3.06. The van der Waals surface area contributed by atoms with E-state index in [4.69, 9.17) is 10.7 Å². The van der Waals surface area contributed by atoms with Gasteiger partial charge < -0.3 is 15.5 Å². The van der Waals surface area contributed by atoms with E-state index in [9.17, 15) is 32.4 Å². The van der Waals surface area contributed by atoms with Crippen LogP contribution in [0.3, 0.4) is 0 Å². The zero-order chi connectivity index (χ0) is 42.3. The molecule has 0 radical (unpaired) electrons. The molecule has 8 rings (SSSR count). The van der Waals surface area contributed by atoms with E-state index in [1.54, 1.807) is 43.3 Å². The van der Waals surface area contributed by atoms with Crippen LogP contribution in [-0.2, 0) is 24.4 Å². The lowest BCUT2D eigenvalue weighted by Gasteiger charge is -2.37. The molecule has 6 heterocycles. The molecule has 2 aromatic heterocycles. The Balaban J connectivity index is 0.890. The smallest absolute Gasteiger partial charge is 0.262 e. The number of carbonyl (C=O) groups excluding carboxylic acids is 5. The zero-order valence-corrected chi connectivity index (χ0v) is 34.4. The number of likely N-dealkylation sites (tertiary alicyclic amines) is 1. The predicted octanol–water partition coefficient (Wildman–Crippen LogP) is 3.07. The molecule has 20 heteroatoms. The van der Waals surface area contributed by atoms with Crippen LogP contribution in [0, 0.1) is 5.82 Å². The Morgan fingerprint density at radius 3 is 2.42 bits per heavy atom. The highest BCUT2D eigenvalue weighted by Crippen LogP contribution is 2.43. The highest BCUT2D eigenvalue weighted by molar-refractivity contribution is 7.92. The number of nitrogens with zero attached hydrogens (tertiary/aromatic N) is 7. The van der Waals surface area contributed by atoms with Crippen molar-refractivity contribution >= 4 is 68.2 Å². The maximum atomic E-state index is 16.0. The second-order valence-corrected chi connectivity index (χ2v) is 18.1. The van der Waals surface area contributed by atoms with Crippen LogP contribution in [0.5, 0.6) is 0 Å². The van der Waals surface area contributed by atoms with Gasteiger partial charge in [-0.2, -0.15) is 0 Å². The second kappa shape index (κ2) is 16.7. The summed E-state index contributed by atoms with van der Waals surface area (Å²) in [5, 5.41) is 2.96. The first-order chi connectivity index (χ1) is 28.8. The Hall–Kier alpha value is -5.86. The summed E-state index contributed by atoms with van der Waals surface area (Å²) in [4.78, 5) is 84.9. The van der Waals surface area contributed by atoms with Gasteiger partial charge in [0.05, 0.1) is 50.4 Å². The molecule has 314 valence electrons. The standard InChI is InChI=1S/C40H43FN10O7S2/c1-2-20-60(57,58)47-28-5-3-4-26(33(28)41)34-35(29-10-13-43-40(42)44-29)59-37(46-34)23-11-14-50(15-12-23)32(53)22-48-16-18-49(19-17-48)24-6-7-25-27(21-24)39(56)51(38(25)55)30-8-9-31(52)45-36(30)54/h3-7,10,13,21,23,30,47H,2,8-9,11-12,14-20,22H2,1H3,(H2,42,43,44)(H,45,52,54)/t30-/m1/s1. The van der Waals surface area contributed by atoms with Crippen LogP contribution in [0.2, 0.25) is 0 Å². The van der Waals surface area contributed by atoms with Gasteiger partial charge in [0, 0.05) is 69.1 Å². The van der Waals surface area contributed by atoms with Crippen molar-refractivity contribution in [2.45, 2.75) is 51.0 Å². The number of imide groups is 2. The number of carbonyl (C=O) groups is 5. The van der Waals surface area contributed by atoms with E-state index in [1.165, 1.54) is 23.6 Å². The molecule has 3 fully saturated rings. The number of nitrogen functional groups attached to an aromatic ring is 1. The van der Waals surface area contributed by atoms with E-state index in [-0.39, 0.29) is 65.3 Å². The van der Waals surface area contributed by atoms with E-state index >= 15 is 4.39 Å². The lowest BCUT2D eigenvalue weighted by atomic mass is 9.97. The van der Waals surface area contributed by atoms with Crippen LogP contribution >= 0.6 is 11.3 Å². The molecule has 5 amide bonds. The number of hydrogen-bond acceptors (Lipinski definition) is 14. The van der Waals surface area contributed by atoms with Crippen molar-refractivity contribution in [3.05, 3.63) is 70.6 Å². The lowest BCUT2D eigenvalue weighted by Crippen LogP contribution is -2.54. The number of hydrogen-bond donors (Lipinski definition) is 3. The Labute approximate surface area is 349 Å². The van der Waals surface area contributed by atoms with Crippen LogP contribution in [-0.4, -0.2) is 125 Å². The van der Waals surface area contributed by atoms with Crippen molar-refractivity contribution in [2.24, 2.45) is 0 Å². The topological polar surface area (TPSA) is 221 Å². The summed E-state index contributed by atoms with van der Waals surface area (Å²) >= 11 is 1.36. The molecule has 17 nitrogen and oxygen atoms in total. The first-order valence-electron chi connectivity index (χ1n) is 19.8. The SMILES string of the molecule is CCCS(=O)(=O)Nc1cccc(-c2nc(C3CCN(C(=O)CN4CCN(c5ccc6c(c5)C(=O)N([C@@H]5CCC(=O)NC5=O)C6=O)CC4)CC3)sc2-c2ccnc(N)n2)c1F. The summed E-state index contributed by atoms with van der Waals surface area (Å²) in [6.45, 7) is 5.37. The molecule has 0 bridgehead atoms. The third-order valence-electron chi connectivity index (χ3n) is 11.3. The predicted molar refractivity (Wildman–Crippen MR) is 221 cm³/mol. The molecule has 0 spiro atoms. The van der Waals surface area contributed by atoms with Crippen LogP contribution in [0.4, 0.5) is 21.7 Å². The van der Waals surface area contributed by atoms with Crippen LogP contribution in [0.15, 0.2) is 48.7 Å². The molecule has 4 N–H and O–H groups in total. The molecule has 3 saturated heterocycles. The number of piperazine rings is 1. The molecule has 60 heavy (non-hydrogen) atoms. The van der Waals surface area contributed by atoms with Gasteiger partial charge in [-0.25, -0.2) is 27.8 Å². The third kappa shape index (κ3) is 8.18. The molecular weight excluding hydrogens is 816 g/mol. The number of piperidine rings is 2. The van der Waals surface area contributed by atoms with Gasteiger partial charge in [0.2, 0.25) is 33.7 Å². The summed E-state index contributed by atoms with van der Waals surface area (Å²) in [5.41, 5.74) is 7.84. The number of thiazole rings is 1. The number of rotatable bonds is 11. The van der Waals surface area contributed by atoms with Crippen molar-refractivity contribution in [1.29, 1.82) is 0 Å². The number of fused-ring (bicyclic) bond motifs is 1. The van der Waals surface area contributed by atoms with E-state index in [2.05, 4.69) is 29.8 Å². The number of anilines is 3. The minimum Gasteiger partial charge on any atom is -0.369 e. The van der Waals surface area contributed by atoms with Crippen molar-refractivity contribution in [3.8, 4) is 21.8 Å². The van der Waals surface area contributed by atoms with E-state index in [1.807, 2.05) is 4.90 Å². The molecule has 2 aromatic carbocycles. The molecule has 4 aliphatic rings. The Kier molecular flexibility index (Phi) is 11.4. The summed E-state index contributed by atoms with van der Waals surface area (Å²) in [6, 6.07) is 10.2. The van der Waals surface area contributed by atoms with Crippen molar-refractivity contribution in [2.75, 3.05) is 66.9 Å². The van der Waals surface area contributed by atoms with E-state index < -0.39 is 45.5 Å². The largest absolute Gasteiger partial charge is 0.369 e. The number of aromatic nitrogens is 3. The zero-order valence-electron chi connectivity index (χ0n) is 32.7. The molecule has 0 saturated carbocycles. The van der Waals surface area contributed by atoms with Crippen molar-refractivity contribution in [3.63, 3.8) is 0 Å². The fourth-order valence-corrected chi connectivity index (χ4v) is 10.5. The van der Waals surface area contributed by atoms with Crippen molar-refractivity contribution < 1.29 is 36.8 Å². The maximum absolute atomic E-state index is 16.0. The van der Waals surface area contributed by atoms with Gasteiger partial charge in [-0.1, -0.05) is 13.0 Å².